The smallest absolute Gasteiger partial charge is 0.0456 e. The van der Waals surface area contributed by atoms with Gasteiger partial charge in [0.25, 0.3) is 0 Å². The van der Waals surface area contributed by atoms with Crippen LogP contribution in [0.15, 0.2) is 41.9 Å². The zero-order valence-corrected chi connectivity index (χ0v) is 12.9. The maximum atomic E-state index is 3.76. The summed E-state index contributed by atoms with van der Waals surface area (Å²) in [6.45, 7) is 1.04. The van der Waals surface area contributed by atoms with Crippen LogP contribution >= 0.6 is 11.3 Å². The third-order valence-electron chi connectivity index (χ3n) is 4.51. The number of fused-ring (bicyclic) bond motifs is 2. The third-order valence-corrected chi connectivity index (χ3v) is 5.51. The van der Waals surface area contributed by atoms with Gasteiger partial charge in [-0.2, -0.15) is 0 Å². The number of hydrogen-bond donors (Lipinski definition) is 2. The molecule has 2 aromatic heterocycles. The number of thiophene rings is 1. The summed E-state index contributed by atoms with van der Waals surface area (Å²) >= 11 is 1.92. The molecule has 1 aliphatic carbocycles. The highest BCUT2D eigenvalue weighted by Gasteiger charge is 2.20. The van der Waals surface area contributed by atoms with Crippen LogP contribution in [0.5, 0.6) is 0 Å². The number of benzene rings is 1. The largest absolute Gasteiger partial charge is 0.361 e. The number of rotatable bonds is 4. The molecular weight excluding hydrogens is 276 g/mol. The number of H-pyrrole nitrogens is 1. The second kappa shape index (κ2) is 5.66. The first-order chi connectivity index (χ1) is 10.4. The minimum absolute atomic E-state index is 0.560. The third kappa shape index (κ3) is 2.52. The normalized spacial score (nSPS) is 18.0. The minimum atomic E-state index is 0.560. The molecule has 1 aromatic carbocycles. The zero-order valence-electron chi connectivity index (χ0n) is 12.1. The molecule has 0 amide bonds. The first-order valence-corrected chi connectivity index (χ1v) is 8.64. The van der Waals surface area contributed by atoms with Gasteiger partial charge in [-0.05, 0) is 60.9 Å². The summed E-state index contributed by atoms with van der Waals surface area (Å²) in [5.41, 5.74) is 4.20. The fourth-order valence-corrected chi connectivity index (χ4v) is 4.41. The Balaban J connectivity index is 1.43. The Morgan fingerprint density at radius 2 is 2.19 bits per heavy atom. The predicted molar refractivity (Wildman–Crippen MR) is 90.0 cm³/mol. The average molecular weight is 296 g/mol. The SMILES string of the molecule is c1ccc2c(CCNC3CCCc4sccc43)c[nH]c2c1. The standard InChI is InChI=1S/C18H20N2S/c1-2-5-16-14(4-1)13(12-20-16)8-10-19-17-6-3-7-18-15(17)9-11-21-18/h1-2,4-5,9,11-12,17,19-20H,3,6-8,10H2. The summed E-state index contributed by atoms with van der Waals surface area (Å²) in [4.78, 5) is 4.95. The van der Waals surface area contributed by atoms with E-state index in [1.807, 2.05) is 11.3 Å². The van der Waals surface area contributed by atoms with E-state index < -0.39 is 0 Å². The summed E-state index contributed by atoms with van der Waals surface area (Å²) < 4.78 is 0. The topological polar surface area (TPSA) is 27.8 Å². The molecule has 1 unspecified atom stereocenters. The van der Waals surface area contributed by atoms with E-state index in [1.165, 1.54) is 35.7 Å². The van der Waals surface area contributed by atoms with E-state index in [-0.39, 0.29) is 0 Å². The molecule has 2 nitrogen and oxygen atoms in total. The van der Waals surface area contributed by atoms with E-state index in [0.717, 1.165) is 13.0 Å². The van der Waals surface area contributed by atoms with E-state index in [2.05, 4.69) is 52.2 Å². The van der Waals surface area contributed by atoms with E-state index >= 15 is 0 Å². The fourth-order valence-electron chi connectivity index (χ4n) is 3.42. The van der Waals surface area contributed by atoms with Crippen LogP contribution in [0.1, 0.15) is 34.9 Å². The van der Waals surface area contributed by atoms with Crippen molar-refractivity contribution in [2.75, 3.05) is 6.54 Å². The van der Waals surface area contributed by atoms with Crippen molar-refractivity contribution in [1.29, 1.82) is 0 Å². The summed E-state index contributed by atoms with van der Waals surface area (Å²) in [6, 6.07) is 11.4. The van der Waals surface area contributed by atoms with Gasteiger partial charge in [0.1, 0.15) is 0 Å². The van der Waals surface area contributed by atoms with Gasteiger partial charge in [0.05, 0.1) is 0 Å². The van der Waals surface area contributed by atoms with Crippen molar-refractivity contribution in [3.8, 4) is 0 Å². The molecule has 1 aliphatic rings. The Morgan fingerprint density at radius 1 is 1.24 bits per heavy atom. The van der Waals surface area contributed by atoms with Crippen LogP contribution in [-0.4, -0.2) is 11.5 Å². The second-order valence-electron chi connectivity index (χ2n) is 5.81. The van der Waals surface area contributed by atoms with Crippen LogP contribution in [-0.2, 0) is 12.8 Å². The molecule has 0 fully saturated rings. The van der Waals surface area contributed by atoms with E-state index in [4.69, 9.17) is 0 Å². The Hall–Kier alpha value is -1.58. The maximum Gasteiger partial charge on any atom is 0.0456 e. The lowest BCUT2D eigenvalue weighted by atomic mass is 9.94. The summed E-state index contributed by atoms with van der Waals surface area (Å²) in [7, 11) is 0. The lowest BCUT2D eigenvalue weighted by molar-refractivity contribution is 0.467. The Bertz CT molecular complexity index is 740. The fraction of sp³-hybridized carbons (Fsp3) is 0.333. The van der Waals surface area contributed by atoms with Gasteiger partial charge >= 0.3 is 0 Å². The van der Waals surface area contributed by atoms with Crippen LogP contribution < -0.4 is 5.32 Å². The average Bonchev–Trinajstić information content (AvgIpc) is 3.15. The van der Waals surface area contributed by atoms with Crippen molar-refractivity contribution in [2.45, 2.75) is 31.7 Å². The van der Waals surface area contributed by atoms with E-state index in [9.17, 15) is 0 Å². The molecule has 0 bridgehead atoms. The summed E-state index contributed by atoms with van der Waals surface area (Å²) in [5.74, 6) is 0. The van der Waals surface area contributed by atoms with Gasteiger partial charge < -0.3 is 10.3 Å². The number of aryl methyl sites for hydroxylation is 1. The molecule has 0 saturated carbocycles. The molecule has 3 heteroatoms. The van der Waals surface area contributed by atoms with Gasteiger partial charge in [0.15, 0.2) is 0 Å². The van der Waals surface area contributed by atoms with Gasteiger partial charge in [0, 0.05) is 28.0 Å². The Kier molecular flexibility index (Phi) is 3.53. The van der Waals surface area contributed by atoms with Crippen LogP contribution in [0.25, 0.3) is 10.9 Å². The molecule has 0 spiro atoms. The molecule has 0 radical (unpaired) electrons. The van der Waals surface area contributed by atoms with Crippen molar-refractivity contribution in [1.82, 2.24) is 10.3 Å². The molecule has 3 aromatic rings. The van der Waals surface area contributed by atoms with Gasteiger partial charge in [0.2, 0.25) is 0 Å². The van der Waals surface area contributed by atoms with Crippen molar-refractivity contribution < 1.29 is 0 Å². The molecule has 21 heavy (non-hydrogen) atoms. The molecule has 1 atom stereocenters. The number of aromatic amines is 1. The number of para-hydroxylation sites is 1. The van der Waals surface area contributed by atoms with Crippen LogP contribution in [0.3, 0.4) is 0 Å². The van der Waals surface area contributed by atoms with Gasteiger partial charge in [-0.25, -0.2) is 0 Å². The minimum Gasteiger partial charge on any atom is -0.361 e. The van der Waals surface area contributed by atoms with Crippen molar-refractivity contribution in [2.24, 2.45) is 0 Å². The second-order valence-corrected chi connectivity index (χ2v) is 6.81. The van der Waals surface area contributed by atoms with Crippen molar-refractivity contribution >= 4 is 22.2 Å². The molecule has 0 saturated heterocycles. The van der Waals surface area contributed by atoms with Crippen molar-refractivity contribution in [3.05, 3.63) is 57.9 Å². The molecule has 4 rings (SSSR count). The van der Waals surface area contributed by atoms with Crippen LogP contribution in [0.4, 0.5) is 0 Å². The maximum absolute atomic E-state index is 3.76. The monoisotopic (exact) mass is 296 g/mol. The highest BCUT2D eigenvalue weighted by atomic mass is 32.1. The first kappa shape index (κ1) is 13.1. The number of aromatic nitrogens is 1. The molecule has 0 aliphatic heterocycles. The zero-order chi connectivity index (χ0) is 14.1. The molecule has 2 N–H and O–H groups in total. The lowest BCUT2D eigenvalue weighted by Crippen LogP contribution is -2.26. The highest BCUT2D eigenvalue weighted by Crippen LogP contribution is 2.33. The van der Waals surface area contributed by atoms with Gasteiger partial charge in [-0.15, -0.1) is 11.3 Å². The summed E-state index contributed by atoms with van der Waals surface area (Å²) in [5, 5.41) is 7.36. The molecule has 2 heterocycles. The van der Waals surface area contributed by atoms with Crippen molar-refractivity contribution in [3.63, 3.8) is 0 Å². The van der Waals surface area contributed by atoms with E-state index in [0.29, 0.717) is 6.04 Å². The van der Waals surface area contributed by atoms with Crippen LogP contribution in [0, 0.1) is 0 Å². The van der Waals surface area contributed by atoms with Gasteiger partial charge in [-0.3, -0.25) is 0 Å². The first-order valence-electron chi connectivity index (χ1n) is 7.76. The summed E-state index contributed by atoms with van der Waals surface area (Å²) in [6.07, 6.45) is 7.10. The van der Waals surface area contributed by atoms with Crippen LogP contribution in [0.2, 0.25) is 0 Å². The van der Waals surface area contributed by atoms with Gasteiger partial charge in [-0.1, -0.05) is 18.2 Å². The predicted octanol–water partition coefficient (Wildman–Crippen LogP) is 4.44. The molecule has 108 valence electrons. The molecular formula is C18H20N2S. The number of nitrogens with one attached hydrogen (secondary N) is 2. The number of hydrogen-bond acceptors (Lipinski definition) is 2. The Labute approximate surface area is 129 Å². The van der Waals surface area contributed by atoms with E-state index in [1.54, 1.807) is 10.4 Å². The Morgan fingerprint density at radius 3 is 3.19 bits per heavy atom. The quantitative estimate of drug-likeness (QED) is 0.732. The lowest BCUT2D eigenvalue weighted by Gasteiger charge is -2.23. The highest BCUT2D eigenvalue weighted by molar-refractivity contribution is 7.10.